The summed E-state index contributed by atoms with van der Waals surface area (Å²) in [5.74, 6) is -1.28. The van der Waals surface area contributed by atoms with Crippen LogP contribution in [0.2, 0.25) is 0 Å². The topological polar surface area (TPSA) is 65.5 Å². The molecule has 1 N–H and O–H groups in total. The van der Waals surface area contributed by atoms with E-state index >= 15 is 0 Å². The number of carbonyl (C=O) groups is 2. The van der Waals surface area contributed by atoms with Gasteiger partial charge in [-0.05, 0) is 24.7 Å². The fourth-order valence-corrected chi connectivity index (χ4v) is 4.39. The van der Waals surface area contributed by atoms with Crippen molar-refractivity contribution in [3.63, 3.8) is 0 Å². The van der Waals surface area contributed by atoms with Gasteiger partial charge >= 0.3 is 11.8 Å². The second-order valence-electron chi connectivity index (χ2n) is 7.04. The van der Waals surface area contributed by atoms with Crippen molar-refractivity contribution in [2.75, 3.05) is 23.8 Å². The lowest BCUT2D eigenvalue weighted by molar-refractivity contribution is -0.134. The number of para-hydroxylation sites is 1. The number of fused-ring (bicyclic) bond motifs is 1. The molecule has 1 aromatic heterocycles. The number of amides is 2. The number of rotatable bonds is 4. The minimum absolute atomic E-state index is 0.316. The van der Waals surface area contributed by atoms with Gasteiger partial charge in [0, 0.05) is 30.1 Å². The number of aromatic nitrogens is 1. The first-order valence-electron chi connectivity index (χ1n) is 9.49. The maximum absolute atomic E-state index is 13.0. The van der Waals surface area contributed by atoms with E-state index in [4.69, 9.17) is 0 Å². The van der Waals surface area contributed by atoms with Gasteiger partial charge in [-0.15, -0.1) is 11.3 Å². The standard InChI is InChI=1S/C22H22N4O2S/c1-25-13-12-18-19(15-25)29-22(23-18)24-20(27)21(28)26(17-10-6-3-7-11-17)14-16-8-4-2-5-9-16/h2-11H,12-15H2,1H3,(H,23,24,27). The van der Waals surface area contributed by atoms with Gasteiger partial charge in [0.15, 0.2) is 5.13 Å². The van der Waals surface area contributed by atoms with E-state index in [0.717, 1.165) is 35.6 Å². The van der Waals surface area contributed by atoms with E-state index in [9.17, 15) is 9.59 Å². The number of anilines is 2. The molecule has 0 saturated heterocycles. The molecule has 0 atom stereocenters. The van der Waals surface area contributed by atoms with Crippen molar-refractivity contribution in [1.82, 2.24) is 9.88 Å². The van der Waals surface area contributed by atoms with Crippen LogP contribution in [0.4, 0.5) is 10.8 Å². The van der Waals surface area contributed by atoms with E-state index in [2.05, 4.69) is 22.2 Å². The van der Waals surface area contributed by atoms with Crippen molar-refractivity contribution < 1.29 is 9.59 Å². The summed E-state index contributed by atoms with van der Waals surface area (Å²) >= 11 is 1.44. The SMILES string of the molecule is CN1CCc2nc(NC(=O)C(=O)N(Cc3ccccc3)c3ccccc3)sc2C1. The molecule has 6 nitrogen and oxygen atoms in total. The van der Waals surface area contributed by atoms with Gasteiger partial charge in [-0.25, -0.2) is 4.98 Å². The molecule has 0 unspecified atom stereocenters. The van der Waals surface area contributed by atoms with Crippen LogP contribution in [0.15, 0.2) is 60.7 Å². The van der Waals surface area contributed by atoms with Gasteiger partial charge in [0.2, 0.25) is 0 Å². The summed E-state index contributed by atoms with van der Waals surface area (Å²) in [6.45, 7) is 2.08. The average molecular weight is 407 g/mol. The Hall–Kier alpha value is -3.03. The molecule has 29 heavy (non-hydrogen) atoms. The smallest absolute Gasteiger partial charge is 0.301 e. The highest BCUT2D eigenvalue weighted by Gasteiger charge is 2.26. The van der Waals surface area contributed by atoms with E-state index in [-0.39, 0.29) is 0 Å². The highest BCUT2D eigenvalue weighted by atomic mass is 32.1. The first kappa shape index (κ1) is 19.3. The number of hydrogen-bond acceptors (Lipinski definition) is 5. The van der Waals surface area contributed by atoms with Gasteiger partial charge in [0.25, 0.3) is 0 Å². The number of benzene rings is 2. The molecule has 0 bridgehead atoms. The Kier molecular flexibility index (Phi) is 5.69. The van der Waals surface area contributed by atoms with Crippen LogP contribution in [0.25, 0.3) is 0 Å². The molecule has 2 heterocycles. The number of likely N-dealkylation sites (N-methyl/N-ethyl adjacent to an activating group) is 1. The first-order chi connectivity index (χ1) is 14.1. The Balaban J connectivity index is 1.53. The summed E-state index contributed by atoms with van der Waals surface area (Å²) in [7, 11) is 2.06. The second-order valence-corrected chi connectivity index (χ2v) is 8.13. The lowest BCUT2D eigenvalue weighted by Crippen LogP contribution is -2.39. The average Bonchev–Trinajstić information content (AvgIpc) is 3.14. The van der Waals surface area contributed by atoms with Crippen molar-refractivity contribution >= 4 is 34.0 Å². The molecule has 1 aliphatic heterocycles. The molecule has 0 radical (unpaired) electrons. The van der Waals surface area contributed by atoms with Crippen LogP contribution in [-0.4, -0.2) is 35.3 Å². The van der Waals surface area contributed by atoms with Crippen LogP contribution >= 0.6 is 11.3 Å². The predicted octanol–water partition coefficient (Wildman–Crippen LogP) is 3.30. The molecule has 0 spiro atoms. The predicted molar refractivity (Wildman–Crippen MR) is 115 cm³/mol. The van der Waals surface area contributed by atoms with Gasteiger partial charge in [-0.2, -0.15) is 0 Å². The van der Waals surface area contributed by atoms with E-state index < -0.39 is 11.8 Å². The maximum atomic E-state index is 13.0. The Labute approximate surface area is 173 Å². The number of carbonyl (C=O) groups excluding carboxylic acids is 2. The van der Waals surface area contributed by atoms with Gasteiger partial charge < -0.3 is 4.90 Å². The lowest BCUT2D eigenvalue weighted by atomic mass is 10.2. The van der Waals surface area contributed by atoms with Crippen LogP contribution in [0, 0.1) is 0 Å². The van der Waals surface area contributed by atoms with E-state index in [0.29, 0.717) is 17.4 Å². The maximum Gasteiger partial charge on any atom is 0.317 e. The van der Waals surface area contributed by atoms with Gasteiger partial charge in [0.1, 0.15) is 0 Å². The summed E-state index contributed by atoms with van der Waals surface area (Å²) in [5, 5.41) is 3.19. The Morgan fingerprint density at radius 1 is 1.10 bits per heavy atom. The number of hydrogen-bond donors (Lipinski definition) is 1. The summed E-state index contributed by atoms with van der Waals surface area (Å²) in [6.07, 6.45) is 0.857. The second kappa shape index (κ2) is 8.55. The third kappa shape index (κ3) is 4.52. The quantitative estimate of drug-likeness (QED) is 0.675. The third-order valence-corrected chi connectivity index (χ3v) is 5.83. The fourth-order valence-electron chi connectivity index (χ4n) is 3.30. The molecule has 0 saturated carbocycles. The van der Waals surface area contributed by atoms with E-state index in [1.54, 1.807) is 0 Å². The summed E-state index contributed by atoms with van der Waals surface area (Å²) in [6, 6.07) is 18.9. The zero-order valence-corrected chi connectivity index (χ0v) is 17.0. The largest absolute Gasteiger partial charge is 0.317 e. The van der Waals surface area contributed by atoms with Crippen LogP contribution in [0.5, 0.6) is 0 Å². The number of nitrogens with one attached hydrogen (secondary N) is 1. The van der Waals surface area contributed by atoms with Crippen molar-refractivity contribution in [3.05, 3.63) is 76.8 Å². The number of thiazole rings is 1. The van der Waals surface area contributed by atoms with Crippen molar-refractivity contribution in [3.8, 4) is 0 Å². The highest BCUT2D eigenvalue weighted by molar-refractivity contribution is 7.16. The minimum atomic E-state index is -0.677. The third-order valence-electron chi connectivity index (χ3n) is 4.83. The lowest BCUT2D eigenvalue weighted by Gasteiger charge is -2.22. The molecule has 148 valence electrons. The normalized spacial score (nSPS) is 13.6. The van der Waals surface area contributed by atoms with Crippen LogP contribution < -0.4 is 10.2 Å². The zero-order chi connectivity index (χ0) is 20.2. The molecule has 1 aliphatic rings. The number of nitrogens with zero attached hydrogens (tertiary/aromatic N) is 3. The monoisotopic (exact) mass is 406 g/mol. The fraction of sp³-hybridized carbons (Fsp3) is 0.227. The summed E-state index contributed by atoms with van der Waals surface area (Å²) in [5.41, 5.74) is 2.64. The minimum Gasteiger partial charge on any atom is -0.301 e. The van der Waals surface area contributed by atoms with Crippen molar-refractivity contribution in [2.45, 2.75) is 19.5 Å². The molecule has 0 fully saturated rings. The molecule has 7 heteroatoms. The van der Waals surface area contributed by atoms with Crippen molar-refractivity contribution in [1.29, 1.82) is 0 Å². The van der Waals surface area contributed by atoms with E-state index in [1.807, 2.05) is 60.7 Å². The molecule has 2 aromatic carbocycles. The summed E-state index contributed by atoms with van der Waals surface area (Å²) in [4.78, 5) is 35.1. The molecular weight excluding hydrogens is 384 g/mol. The Bertz CT molecular complexity index is 1000. The van der Waals surface area contributed by atoms with Crippen LogP contribution in [0.3, 0.4) is 0 Å². The van der Waals surface area contributed by atoms with E-state index in [1.165, 1.54) is 16.2 Å². The zero-order valence-electron chi connectivity index (χ0n) is 16.2. The van der Waals surface area contributed by atoms with Gasteiger partial charge in [0.05, 0.1) is 12.2 Å². The Morgan fingerprint density at radius 2 is 1.79 bits per heavy atom. The molecule has 0 aliphatic carbocycles. The van der Waals surface area contributed by atoms with Crippen LogP contribution in [-0.2, 0) is 29.1 Å². The van der Waals surface area contributed by atoms with Crippen LogP contribution in [0.1, 0.15) is 16.1 Å². The molecule has 2 amide bonds. The van der Waals surface area contributed by atoms with Crippen molar-refractivity contribution in [2.24, 2.45) is 0 Å². The molecule has 3 aromatic rings. The molecular formula is C22H22N4O2S. The molecule has 4 rings (SSSR count). The highest BCUT2D eigenvalue weighted by Crippen LogP contribution is 2.28. The summed E-state index contributed by atoms with van der Waals surface area (Å²) < 4.78 is 0. The van der Waals surface area contributed by atoms with Gasteiger partial charge in [-0.1, -0.05) is 48.5 Å². The Morgan fingerprint density at radius 3 is 2.52 bits per heavy atom. The van der Waals surface area contributed by atoms with Gasteiger partial charge in [-0.3, -0.25) is 19.8 Å². The first-order valence-corrected chi connectivity index (χ1v) is 10.3.